The number of benzene rings is 2. The van der Waals surface area contributed by atoms with Gasteiger partial charge in [0.1, 0.15) is 0 Å². The third kappa shape index (κ3) is 2.87. The Balaban J connectivity index is 1.72. The normalized spacial score (nSPS) is 22.5. The summed E-state index contributed by atoms with van der Waals surface area (Å²) in [7, 11) is 1.62. The molecular formula is C25H27N3O4. The highest BCUT2D eigenvalue weighted by molar-refractivity contribution is 6.01. The van der Waals surface area contributed by atoms with Gasteiger partial charge in [0.05, 0.1) is 25.5 Å². The maximum Gasteiger partial charge on any atom is 0.252 e. The van der Waals surface area contributed by atoms with Crippen molar-refractivity contribution in [2.24, 2.45) is 0 Å². The van der Waals surface area contributed by atoms with E-state index in [0.29, 0.717) is 18.0 Å². The van der Waals surface area contributed by atoms with Gasteiger partial charge in [-0.3, -0.25) is 9.59 Å². The minimum absolute atomic E-state index is 0.0151. The van der Waals surface area contributed by atoms with Crippen LogP contribution < -0.4 is 14.8 Å². The van der Waals surface area contributed by atoms with Gasteiger partial charge in [-0.25, -0.2) is 0 Å². The van der Waals surface area contributed by atoms with Crippen molar-refractivity contribution in [2.75, 3.05) is 20.2 Å². The second-order valence-electron chi connectivity index (χ2n) is 8.85. The summed E-state index contributed by atoms with van der Waals surface area (Å²) in [6, 6.07) is 13.9. The van der Waals surface area contributed by atoms with Gasteiger partial charge in [0.25, 0.3) is 5.91 Å². The summed E-state index contributed by atoms with van der Waals surface area (Å²) in [6.45, 7) is 6.19. The Morgan fingerprint density at radius 3 is 2.66 bits per heavy atom. The molecule has 2 aliphatic heterocycles. The molecule has 2 N–H and O–H groups in total. The summed E-state index contributed by atoms with van der Waals surface area (Å²) in [5.41, 5.74) is 2.68. The first kappa shape index (κ1) is 20.4. The topological polar surface area (TPSA) is 83.7 Å². The van der Waals surface area contributed by atoms with Gasteiger partial charge in [-0.05, 0) is 50.1 Å². The van der Waals surface area contributed by atoms with Crippen LogP contribution in [0.2, 0.25) is 0 Å². The fraction of sp³-hybridized carbons (Fsp3) is 0.360. The molecule has 3 aromatic rings. The molecule has 2 atom stereocenters. The molecule has 1 saturated heterocycles. The number of H-pyrrole nitrogens is 1. The van der Waals surface area contributed by atoms with Crippen LogP contribution >= 0.6 is 0 Å². The van der Waals surface area contributed by atoms with Crippen LogP contribution in [0.5, 0.6) is 11.5 Å². The number of carbonyl (C=O) groups is 2. The van der Waals surface area contributed by atoms with E-state index in [2.05, 4.69) is 16.4 Å². The monoisotopic (exact) mass is 433 g/mol. The van der Waals surface area contributed by atoms with Gasteiger partial charge in [-0.2, -0.15) is 0 Å². The van der Waals surface area contributed by atoms with Gasteiger partial charge in [0, 0.05) is 23.4 Å². The fourth-order valence-corrected chi connectivity index (χ4v) is 5.04. The number of fused-ring (bicyclic) bond motifs is 5. The molecule has 7 heteroatoms. The number of hydrogen-bond acceptors (Lipinski definition) is 4. The lowest BCUT2D eigenvalue weighted by Crippen LogP contribution is -2.66. The Hall–Kier alpha value is -3.48. The van der Waals surface area contributed by atoms with Gasteiger partial charge >= 0.3 is 0 Å². The van der Waals surface area contributed by atoms with E-state index in [4.69, 9.17) is 9.47 Å². The molecule has 5 rings (SSSR count). The Labute approximate surface area is 186 Å². The Bertz CT molecular complexity index is 1230. The average Bonchev–Trinajstić information content (AvgIpc) is 3.17. The number of carbonyl (C=O) groups excluding carboxylic acids is 2. The predicted octanol–water partition coefficient (Wildman–Crippen LogP) is 3.28. The zero-order valence-corrected chi connectivity index (χ0v) is 18.7. The van der Waals surface area contributed by atoms with Crippen molar-refractivity contribution in [3.05, 3.63) is 59.3 Å². The van der Waals surface area contributed by atoms with Gasteiger partial charge in [-0.15, -0.1) is 0 Å². The molecule has 1 fully saturated rings. The quantitative estimate of drug-likeness (QED) is 0.662. The molecule has 2 amide bonds. The standard InChI is InChI=1S/C25H27N3O4/c1-14(2)32-19-10-9-15(11-20(19)31-4)17-13-28-21(29)12-26-24(30)25(28,3)23-22(17)16-7-5-6-8-18(16)27-23/h5-11,14,17,27H,12-13H2,1-4H3,(H,26,30). The predicted molar refractivity (Wildman–Crippen MR) is 121 cm³/mol. The molecule has 0 saturated carbocycles. The van der Waals surface area contributed by atoms with Gasteiger partial charge in [0.2, 0.25) is 5.91 Å². The number of nitrogens with one attached hydrogen (secondary N) is 2. The second kappa shape index (κ2) is 7.29. The lowest BCUT2D eigenvalue weighted by atomic mass is 9.76. The fourth-order valence-electron chi connectivity index (χ4n) is 5.04. The van der Waals surface area contributed by atoms with E-state index in [1.165, 1.54) is 0 Å². The van der Waals surface area contributed by atoms with Crippen molar-refractivity contribution in [2.45, 2.75) is 38.3 Å². The Kier molecular flexibility index (Phi) is 4.65. The van der Waals surface area contributed by atoms with Crippen LogP contribution in [0.3, 0.4) is 0 Å². The molecule has 0 aliphatic carbocycles. The maximum atomic E-state index is 13.1. The molecule has 0 bridgehead atoms. The van der Waals surface area contributed by atoms with Crippen molar-refractivity contribution in [1.82, 2.24) is 15.2 Å². The molecule has 32 heavy (non-hydrogen) atoms. The van der Waals surface area contributed by atoms with Gasteiger partial charge in [-0.1, -0.05) is 24.3 Å². The molecule has 0 spiro atoms. The Morgan fingerprint density at radius 1 is 1.12 bits per heavy atom. The van der Waals surface area contributed by atoms with Crippen LogP contribution in [-0.2, 0) is 15.1 Å². The number of piperazine rings is 1. The Morgan fingerprint density at radius 2 is 1.91 bits per heavy atom. The second-order valence-corrected chi connectivity index (χ2v) is 8.85. The molecule has 2 aromatic carbocycles. The molecule has 166 valence electrons. The molecule has 1 aromatic heterocycles. The third-order valence-corrected chi connectivity index (χ3v) is 6.58. The number of aromatic amines is 1. The summed E-state index contributed by atoms with van der Waals surface area (Å²) < 4.78 is 11.5. The van der Waals surface area contributed by atoms with Crippen LogP contribution in [0.15, 0.2) is 42.5 Å². The van der Waals surface area contributed by atoms with Crippen LogP contribution in [0, 0.1) is 0 Å². The number of rotatable bonds is 4. The van der Waals surface area contributed by atoms with Crippen molar-refractivity contribution in [1.29, 1.82) is 0 Å². The zero-order valence-electron chi connectivity index (χ0n) is 18.7. The summed E-state index contributed by atoms with van der Waals surface area (Å²) in [6.07, 6.45) is 0.0230. The van der Waals surface area contributed by atoms with Crippen molar-refractivity contribution >= 4 is 22.7 Å². The van der Waals surface area contributed by atoms with E-state index in [0.717, 1.165) is 27.7 Å². The number of ether oxygens (including phenoxy) is 2. The number of para-hydroxylation sites is 1. The largest absolute Gasteiger partial charge is 0.493 e. The summed E-state index contributed by atoms with van der Waals surface area (Å²) >= 11 is 0. The zero-order chi connectivity index (χ0) is 22.6. The average molecular weight is 434 g/mol. The highest BCUT2D eigenvalue weighted by Crippen LogP contribution is 2.47. The number of aromatic nitrogens is 1. The van der Waals surface area contributed by atoms with Crippen molar-refractivity contribution < 1.29 is 19.1 Å². The van der Waals surface area contributed by atoms with Crippen molar-refractivity contribution in [3.63, 3.8) is 0 Å². The van der Waals surface area contributed by atoms with E-state index in [-0.39, 0.29) is 30.4 Å². The van der Waals surface area contributed by atoms with E-state index in [9.17, 15) is 9.59 Å². The van der Waals surface area contributed by atoms with Crippen LogP contribution in [-0.4, -0.2) is 48.0 Å². The van der Waals surface area contributed by atoms with Crippen LogP contribution in [0.4, 0.5) is 0 Å². The van der Waals surface area contributed by atoms with E-state index >= 15 is 0 Å². The minimum atomic E-state index is -1.08. The number of amides is 2. The smallest absolute Gasteiger partial charge is 0.252 e. The number of hydrogen-bond donors (Lipinski definition) is 2. The third-order valence-electron chi connectivity index (χ3n) is 6.58. The first-order valence-electron chi connectivity index (χ1n) is 10.9. The maximum absolute atomic E-state index is 13.1. The molecule has 3 heterocycles. The van der Waals surface area contributed by atoms with Crippen LogP contribution in [0.1, 0.15) is 43.5 Å². The van der Waals surface area contributed by atoms with Crippen LogP contribution in [0.25, 0.3) is 10.9 Å². The number of methoxy groups -OCH3 is 1. The van der Waals surface area contributed by atoms with Crippen molar-refractivity contribution in [3.8, 4) is 11.5 Å². The minimum Gasteiger partial charge on any atom is -0.493 e. The lowest BCUT2D eigenvalue weighted by Gasteiger charge is -2.48. The van der Waals surface area contributed by atoms with E-state index < -0.39 is 5.54 Å². The summed E-state index contributed by atoms with van der Waals surface area (Å²) in [5.74, 6) is 0.953. The highest BCUT2D eigenvalue weighted by Gasteiger charge is 2.53. The molecule has 0 radical (unpaired) electrons. The summed E-state index contributed by atoms with van der Waals surface area (Å²) in [4.78, 5) is 31.2. The first-order valence-corrected chi connectivity index (χ1v) is 10.9. The van der Waals surface area contributed by atoms with E-state index in [1.807, 2.05) is 57.2 Å². The van der Waals surface area contributed by atoms with Gasteiger partial charge in [0.15, 0.2) is 17.0 Å². The molecular weight excluding hydrogens is 406 g/mol. The SMILES string of the molecule is COc1cc(C2CN3C(=O)CNC(=O)C3(C)c3[nH]c4ccccc4c32)ccc1OC(C)C. The number of nitrogens with zero attached hydrogens (tertiary/aromatic N) is 1. The highest BCUT2D eigenvalue weighted by atomic mass is 16.5. The summed E-state index contributed by atoms with van der Waals surface area (Å²) in [5, 5.41) is 3.82. The van der Waals surface area contributed by atoms with E-state index in [1.54, 1.807) is 12.0 Å². The lowest BCUT2D eigenvalue weighted by molar-refractivity contribution is -0.154. The molecule has 2 unspecified atom stereocenters. The molecule has 2 aliphatic rings. The van der Waals surface area contributed by atoms with Gasteiger partial charge < -0.3 is 24.7 Å². The molecule has 7 nitrogen and oxygen atoms in total. The first-order chi connectivity index (χ1) is 15.3.